The number of esters is 1. The topological polar surface area (TPSA) is 97.7 Å². The third-order valence-electron chi connectivity index (χ3n) is 4.89. The van der Waals surface area contributed by atoms with Crippen LogP contribution in [0.15, 0.2) is 66.2 Å². The zero-order chi connectivity index (χ0) is 26.1. The molecule has 0 radical (unpaired) electrons. The molecule has 3 aromatic rings. The van der Waals surface area contributed by atoms with Crippen LogP contribution in [-0.2, 0) is 16.1 Å². The molecule has 3 aromatic carbocycles. The first-order chi connectivity index (χ1) is 17.3. The molecule has 0 aliphatic heterocycles. The number of carbonyl (C=O) groups is 2. The quantitative estimate of drug-likeness (QED) is 0.200. The van der Waals surface area contributed by atoms with Gasteiger partial charge in [-0.3, -0.25) is 4.79 Å². The van der Waals surface area contributed by atoms with Gasteiger partial charge in [-0.2, -0.15) is 5.26 Å². The summed E-state index contributed by atoms with van der Waals surface area (Å²) in [7, 11) is 1.29. The van der Waals surface area contributed by atoms with Crippen molar-refractivity contribution in [3.63, 3.8) is 0 Å². The summed E-state index contributed by atoms with van der Waals surface area (Å²) in [6.45, 7) is 2.47. The number of rotatable bonds is 9. The SMILES string of the molecule is CCOc1cc(/C=C(\C#N)C(=O)Nc2ccc(C(=O)OC)cc2)ccc1OCc1ccc(Cl)c(Cl)c1. The van der Waals surface area contributed by atoms with Crippen LogP contribution in [0.3, 0.4) is 0 Å². The standard InChI is InChI=1S/C27H22Cl2N2O5/c1-3-35-25-14-17(5-11-24(25)36-16-18-4-10-22(28)23(29)13-18)12-20(15-30)26(32)31-21-8-6-19(7-9-21)27(33)34-2/h4-14H,3,16H2,1-2H3,(H,31,32)/b20-12+. The summed E-state index contributed by atoms with van der Waals surface area (Å²) >= 11 is 12.0. The lowest BCUT2D eigenvalue weighted by atomic mass is 10.1. The molecule has 0 bridgehead atoms. The Kier molecular flexibility index (Phi) is 9.34. The molecule has 9 heteroatoms. The van der Waals surface area contributed by atoms with Crippen molar-refractivity contribution in [3.05, 3.63) is 93.0 Å². The van der Waals surface area contributed by atoms with Gasteiger partial charge in [0.15, 0.2) is 11.5 Å². The molecule has 0 aliphatic carbocycles. The fourth-order valence-electron chi connectivity index (χ4n) is 3.11. The molecular weight excluding hydrogens is 503 g/mol. The average molecular weight is 525 g/mol. The molecule has 0 saturated carbocycles. The van der Waals surface area contributed by atoms with E-state index in [0.29, 0.717) is 45.0 Å². The van der Waals surface area contributed by atoms with Gasteiger partial charge in [-0.15, -0.1) is 0 Å². The Morgan fingerprint density at radius 3 is 2.36 bits per heavy atom. The lowest BCUT2D eigenvalue weighted by molar-refractivity contribution is -0.112. The van der Waals surface area contributed by atoms with Crippen LogP contribution in [0.4, 0.5) is 5.69 Å². The molecule has 1 N–H and O–H groups in total. The lowest BCUT2D eigenvalue weighted by Gasteiger charge is -2.13. The van der Waals surface area contributed by atoms with Crippen molar-refractivity contribution in [2.24, 2.45) is 0 Å². The first-order valence-corrected chi connectivity index (χ1v) is 11.5. The Hall–Kier alpha value is -3.99. The number of hydrogen-bond donors (Lipinski definition) is 1. The van der Waals surface area contributed by atoms with Crippen LogP contribution in [0.25, 0.3) is 6.08 Å². The van der Waals surface area contributed by atoms with E-state index in [1.807, 2.05) is 19.1 Å². The van der Waals surface area contributed by atoms with Crippen molar-refractivity contribution in [3.8, 4) is 17.6 Å². The first-order valence-electron chi connectivity index (χ1n) is 10.8. The summed E-state index contributed by atoms with van der Waals surface area (Å²) in [4.78, 5) is 24.2. The first kappa shape index (κ1) is 26.6. The molecule has 0 aliphatic rings. The minimum atomic E-state index is -0.596. The van der Waals surface area contributed by atoms with Crippen LogP contribution in [0.5, 0.6) is 11.5 Å². The maximum atomic E-state index is 12.6. The van der Waals surface area contributed by atoms with Crippen LogP contribution in [0.1, 0.15) is 28.4 Å². The second kappa shape index (κ2) is 12.6. The summed E-state index contributed by atoms with van der Waals surface area (Å²) in [5.74, 6) is -0.127. The van der Waals surface area contributed by atoms with Gasteiger partial charge in [-0.25, -0.2) is 4.79 Å². The summed E-state index contributed by atoms with van der Waals surface area (Å²) in [6, 6.07) is 18.4. The van der Waals surface area contributed by atoms with Crippen molar-refractivity contribution in [1.29, 1.82) is 5.26 Å². The van der Waals surface area contributed by atoms with Crippen LogP contribution in [0.2, 0.25) is 10.0 Å². The highest BCUT2D eigenvalue weighted by Crippen LogP contribution is 2.31. The highest BCUT2D eigenvalue weighted by atomic mass is 35.5. The van der Waals surface area contributed by atoms with E-state index in [2.05, 4.69) is 10.1 Å². The molecule has 0 atom stereocenters. The van der Waals surface area contributed by atoms with Crippen molar-refractivity contribution in [2.75, 3.05) is 19.0 Å². The Morgan fingerprint density at radius 2 is 1.72 bits per heavy atom. The maximum Gasteiger partial charge on any atom is 0.337 e. The summed E-state index contributed by atoms with van der Waals surface area (Å²) in [5.41, 5.74) is 2.07. The van der Waals surface area contributed by atoms with Gasteiger partial charge in [0.25, 0.3) is 5.91 Å². The second-order valence-corrected chi connectivity index (χ2v) is 8.18. The third kappa shape index (κ3) is 7.01. The number of nitrogens with one attached hydrogen (secondary N) is 1. The van der Waals surface area contributed by atoms with Crippen molar-refractivity contribution < 1.29 is 23.8 Å². The number of ether oxygens (including phenoxy) is 3. The highest BCUT2D eigenvalue weighted by molar-refractivity contribution is 6.42. The van der Waals surface area contributed by atoms with Crippen molar-refractivity contribution in [1.82, 2.24) is 0 Å². The highest BCUT2D eigenvalue weighted by Gasteiger charge is 2.13. The van der Waals surface area contributed by atoms with Crippen LogP contribution >= 0.6 is 23.2 Å². The predicted molar refractivity (Wildman–Crippen MR) is 138 cm³/mol. The molecule has 0 aromatic heterocycles. The molecule has 0 fully saturated rings. The molecule has 0 saturated heterocycles. The monoisotopic (exact) mass is 524 g/mol. The smallest absolute Gasteiger partial charge is 0.337 e. The van der Waals surface area contributed by atoms with Gasteiger partial charge in [0.05, 0.1) is 29.3 Å². The van der Waals surface area contributed by atoms with Crippen molar-refractivity contribution in [2.45, 2.75) is 13.5 Å². The number of benzene rings is 3. The van der Waals surface area contributed by atoms with Crippen LogP contribution in [0, 0.1) is 11.3 Å². The number of methoxy groups -OCH3 is 1. The van der Waals surface area contributed by atoms with E-state index in [4.69, 9.17) is 32.7 Å². The molecule has 3 rings (SSSR count). The summed E-state index contributed by atoms with van der Waals surface area (Å²) < 4.78 is 16.2. The van der Waals surface area contributed by atoms with Gasteiger partial charge in [0.1, 0.15) is 18.2 Å². The minimum Gasteiger partial charge on any atom is -0.490 e. The van der Waals surface area contributed by atoms with E-state index in [-0.39, 0.29) is 12.2 Å². The summed E-state index contributed by atoms with van der Waals surface area (Å²) in [5, 5.41) is 13.1. The fourth-order valence-corrected chi connectivity index (χ4v) is 3.43. The van der Waals surface area contributed by atoms with E-state index in [1.165, 1.54) is 25.3 Å². The van der Waals surface area contributed by atoms with Gasteiger partial charge in [-0.1, -0.05) is 35.3 Å². The van der Waals surface area contributed by atoms with Gasteiger partial charge in [-0.05, 0) is 72.7 Å². The number of amides is 1. The second-order valence-electron chi connectivity index (χ2n) is 7.37. The zero-order valence-corrected chi connectivity index (χ0v) is 21.0. The maximum absolute atomic E-state index is 12.6. The largest absolute Gasteiger partial charge is 0.490 e. The van der Waals surface area contributed by atoms with Gasteiger partial charge < -0.3 is 19.5 Å². The molecule has 0 spiro atoms. The van der Waals surface area contributed by atoms with Gasteiger partial charge in [0.2, 0.25) is 0 Å². The van der Waals surface area contributed by atoms with E-state index in [0.717, 1.165) is 5.56 Å². The van der Waals surface area contributed by atoms with E-state index in [1.54, 1.807) is 42.5 Å². The Labute approximate surface area is 218 Å². The zero-order valence-electron chi connectivity index (χ0n) is 19.5. The number of nitrogens with zero attached hydrogens (tertiary/aromatic N) is 1. The fraction of sp³-hybridized carbons (Fsp3) is 0.148. The van der Waals surface area contributed by atoms with E-state index in [9.17, 15) is 14.9 Å². The molecule has 184 valence electrons. The average Bonchev–Trinajstić information content (AvgIpc) is 2.88. The molecule has 1 amide bonds. The van der Waals surface area contributed by atoms with Crippen LogP contribution < -0.4 is 14.8 Å². The van der Waals surface area contributed by atoms with Crippen LogP contribution in [-0.4, -0.2) is 25.6 Å². The molecule has 0 heterocycles. The molecular formula is C27H22Cl2N2O5. The van der Waals surface area contributed by atoms with E-state index < -0.39 is 11.9 Å². The molecule has 0 unspecified atom stereocenters. The summed E-state index contributed by atoms with van der Waals surface area (Å²) in [6.07, 6.45) is 1.45. The van der Waals surface area contributed by atoms with Gasteiger partial charge >= 0.3 is 5.97 Å². The molecule has 7 nitrogen and oxygen atoms in total. The minimum absolute atomic E-state index is 0.112. The number of halogens is 2. The van der Waals surface area contributed by atoms with Crippen molar-refractivity contribution >= 4 is 46.8 Å². The van der Waals surface area contributed by atoms with Gasteiger partial charge in [0, 0.05) is 5.69 Å². The number of hydrogen-bond acceptors (Lipinski definition) is 6. The number of nitriles is 1. The third-order valence-corrected chi connectivity index (χ3v) is 5.62. The Morgan fingerprint density at radius 1 is 0.972 bits per heavy atom. The normalized spacial score (nSPS) is 10.8. The lowest BCUT2D eigenvalue weighted by Crippen LogP contribution is -2.13. The Bertz CT molecular complexity index is 1330. The Balaban J connectivity index is 1.75. The predicted octanol–water partition coefficient (Wildman–Crippen LogP) is 6.30. The number of carbonyl (C=O) groups excluding carboxylic acids is 2. The number of anilines is 1. The van der Waals surface area contributed by atoms with E-state index >= 15 is 0 Å². The molecule has 36 heavy (non-hydrogen) atoms.